The molecular weight excluding hydrogens is 212 g/mol. The summed E-state index contributed by atoms with van der Waals surface area (Å²) in [5.74, 6) is 0.636. The molecule has 0 saturated carbocycles. The van der Waals surface area contributed by atoms with E-state index < -0.39 is 0 Å². The summed E-state index contributed by atoms with van der Waals surface area (Å²) in [4.78, 5) is 4.38. The number of pyridine rings is 1. The Morgan fingerprint density at radius 2 is 1.88 bits per heavy atom. The molecule has 0 amide bonds. The molecule has 0 saturated heterocycles. The number of benzene rings is 1. The molecule has 17 heavy (non-hydrogen) atoms. The number of aryl methyl sites for hydroxylation is 1. The van der Waals surface area contributed by atoms with Crippen molar-refractivity contribution in [3.63, 3.8) is 0 Å². The predicted molar refractivity (Wildman–Crippen MR) is 68.9 cm³/mol. The molecule has 0 atom stereocenters. The number of aromatic nitrogens is 1. The molecule has 88 valence electrons. The number of rotatable bonds is 3. The zero-order chi connectivity index (χ0) is 12.3. The predicted octanol–water partition coefficient (Wildman–Crippen LogP) is 2.52. The van der Waals surface area contributed by atoms with Crippen LogP contribution in [0.25, 0.3) is 11.1 Å². The third-order valence-corrected chi connectivity index (χ3v) is 2.80. The van der Waals surface area contributed by atoms with Crippen molar-refractivity contribution in [3.8, 4) is 17.0 Å². The second kappa shape index (κ2) is 4.97. The minimum absolute atomic E-state index is 0.529. The first kappa shape index (κ1) is 11.6. The molecule has 3 heteroatoms. The number of nitrogens with zero attached hydrogens (tertiary/aromatic N) is 1. The topological polar surface area (TPSA) is 48.1 Å². The highest BCUT2D eigenvalue weighted by atomic mass is 16.5. The zero-order valence-corrected chi connectivity index (χ0v) is 10.1. The van der Waals surface area contributed by atoms with Crippen LogP contribution in [0.2, 0.25) is 0 Å². The summed E-state index contributed by atoms with van der Waals surface area (Å²) in [6, 6.07) is 12.0. The molecule has 2 aromatic rings. The van der Waals surface area contributed by atoms with Crippen molar-refractivity contribution in [2.75, 3.05) is 7.11 Å². The van der Waals surface area contributed by atoms with Crippen LogP contribution in [0.3, 0.4) is 0 Å². The van der Waals surface area contributed by atoms with Crippen molar-refractivity contribution < 1.29 is 4.74 Å². The van der Waals surface area contributed by atoms with E-state index in [0.717, 1.165) is 22.4 Å². The Kier molecular flexibility index (Phi) is 3.40. The molecule has 0 radical (unpaired) electrons. The molecule has 0 fully saturated rings. The van der Waals surface area contributed by atoms with Crippen LogP contribution in [0.15, 0.2) is 36.4 Å². The lowest BCUT2D eigenvalue weighted by Gasteiger charge is -2.11. The summed E-state index contributed by atoms with van der Waals surface area (Å²) in [7, 11) is 1.62. The van der Waals surface area contributed by atoms with Gasteiger partial charge in [0.1, 0.15) is 0 Å². The standard InChI is InChI=1S/C14H16N2O/c1-10-12(7-8-14(16-10)17-2)13-6-4-3-5-11(13)9-15/h3-8H,9,15H2,1-2H3. The summed E-state index contributed by atoms with van der Waals surface area (Å²) < 4.78 is 5.11. The van der Waals surface area contributed by atoms with E-state index in [9.17, 15) is 0 Å². The Morgan fingerprint density at radius 1 is 1.12 bits per heavy atom. The molecule has 0 aliphatic rings. The average molecular weight is 228 g/mol. The number of methoxy groups -OCH3 is 1. The molecule has 1 heterocycles. The van der Waals surface area contributed by atoms with Gasteiger partial charge in [-0.05, 0) is 24.1 Å². The maximum absolute atomic E-state index is 5.75. The van der Waals surface area contributed by atoms with Gasteiger partial charge in [0.25, 0.3) is 0 Å². The Hall–Kier alpha value is -1.87. The molecule has 0 aliphatic heterocycles. The molecule has 2 N–H and O–H groups in total. The minimum atomic E-state index is 0.529. The molecular formula is C14H16N2O. The summed E-state index contributed by atoms with van der Waals surface area (Å²) in [5.41, 5.74) is 10.1. The summed E-state index contributed by atoms with van der Waals surface area (Å²) >= 11 is 0. The van der Waals surface area contributed by atoms with Gasteiger partial charge in [0.15, 0.2) is 0 Å². The fourth-order valence-electron chi connectivity index (χ4n) is 1.90. The average Bonchev–Trinajstić information content (AvgIpc) is 2.38. The van der Waals surface area contributed by atoms with Gasteiger partial charge in [-0.1, -0.05) is 24.3 Å². The van der Waals surface area contributed by atoms with Crippen LogP contribution in [0.1, 0.15) is 11.3 Å². The summed E-state index contributed by atoms with van der Waals surface area (Å²) in [5, 5.41) is 0. The first-order valence-corrected chi connectivity index (χ1v) is 5.56. The highest BCUT2D eigenvalue weighted by Gasteiger charge is 2.07. The molecule has 3 nitrogen and oxygen atoms in total. The van der Waals surface area contributed by atoms with Gasteiger partial charge in [0, 0.05) is 23.9 Å². The van der Waals surface area contributed by atoms with Gasteiger partial charge >= 0.3 is 0 Å². The van der Waals surface area contributed by atoms with Gasteiger partial charge in [-0.25, -0.2) is 4.98 Å². The van der Waals surface area contributed by atoms with Crippen molar-refractivity contribution >= 4 is 0 Å². The normalized spacial score (nSPS) is 10.3. The van der Waals surface area contributed by atoms with Crippen LogP contribution < -0.4 is 10.5 Å². The fourth-order valence-corrected chi connectivity index (χ4v) is 1.90. The number of hydrogen-bond acceptors (Lipinski definition) is 3. The van der Waals surface area contributed by atoms with Crippen LogP contribution in [-0.2, 0) is 6.54 Å². The van der Waals surface area contributed by atoms with E-state index in [1.165, 1.54) is 0 Å². The monoisotopic (exact) mass is 228 g/mol. The van der Waals surface area contributed by atoms with Crippen LogP contribution in [0.5, 0.6) is 5.88 Å². The maximum atomic E-state index is 5.75. The number of ether oxygens (including phenoxy) is 1. The molecule has 2 rings (SSSR count). The summed E-state index contributed by atoms with van der Waals surface area (Å²) in [6.07, 6.45) is 0. The van der Waals surface area contributed by atoms with E-state index in [1.54, 1.807) is 7.11 Å². The molecule has 1 aromatic carbocycles. The smallest absolute Gasteiger partial charge is 0.213 e. The van der Waals surface area contributed by atoms with Gasteiger partial charge in [-0.3, -0.25) is 0 Å². The Balaban J connectivity index is 2.53. The largest absolute Gasteiger partial charge is 0.481 e. The lowest BCUT2D eigenvalue weighted by atomic mass is 9.99. The molecule has 0 spiro atoms. The van der Waals surface area contributed by atoms with E-state index >= 15 is 0 Å². The van der Waals surface area contributed by atoms with Crippen LogP contribution in [-0.4, -0.2) is 12.1 Å². The Labute approximate surface area is 101 Å². The third-order valence-electron chi connectivity index (χ3n) is 2.80. The van der Waals surface area contributed by atoms with E-state index in [2.05, 4.69) is 11.1 Å². The summed E-state index contributed by atoms with van der Waals surface area (Å²) in [6.45, 7) is 2.51. The first-order valence-electron chi connectivity index (χ1n) is 5.56. The van der Waals surface area contributed by atoms with Crippen LogP contribution in [0, 0.1) is 6.92 Å². The minimum Gasteiger partial charge on any atom is -0.481 e. The van der Waals surface area contributed by atoms with E-state index in [1.807, 2.05) is 37.3 Å². The second-order valence-electron chi connectivity index (χ2n) is 3.85. The van der Waals surface area contributed by atoms with Gasteiger partial charge in [-0.2, -0.15) is 0 Å². The highest BCUT2D eigenvalue weighted by Crippen LogP contribution is 2.27. The van der Waals surface area contributed by atoms with E-state index in [-0.39, 0.29) is 0 Å². The fraction of sp³-hybridized carbons (Fsp3) is 0.214. The van der Waals surface area contributed by atoms with Crippen molar-refractivity contribution in [1.29, 1.82) is 0 Å². The Bertz CT molecular complexity index is 523. The van der Waals surface area contributed by atoms with Crippen molar-refractivity contribution in [3.05, 3.63) is 47.7 Å². The molecule has 0 unspecified atom stereocenters. The first-order chi connectivity index (χ1) is 8.26. The second-order valence-corrected chi connectivity index (χ2v) is 3.85. The van der Waals surface area contributed by atoms with Crippen molar-refractivity contribution in [1.82, 2.24) is 4.98 Å². The zero-order valence-electron chi connectivity index (χ0n) is 10.1. The maximum Gasteiger partial charge on any atom is 0.213 e. The molecule has 1 aromatic heterocycles. The van der Waals surface area contributed by atoms with Gasteiger partial charge in [0.2, 0.25) is 5.88 Å². The van der Waals surface area contributed by atoms with Crippen LogP contribution in [0.4, 0.5) is 0 Å². The molecule has 0 aliphatic carbocycles. The SMILES string of the molecule is COc1ccc(-c2ccccc2CN)c(C)n1. The van der Waals surface area contributed by atoms with Crippen molar-refractivity contribution in [2.45, 2.75) is 13.5 Å². The van der Waals surface area contributed by atoms with Gasteiger partial charge in [0.05, 0.1) is 7.11 Å². The lowest BCUT2D eigenvalue weighted by Crippen LogP contribution is -2.00. The van der Waals surface area contributed by atoms with E-state index in [4.69, 9.17) is 10.5 Å². The Morgan fingerprint density at radius 3 is 2.53 bits per heavy atom. The van der Waals surface area contributed by atoms with E-state index in [0.29, 0.717) is 12.4 Å². The molecule has 0 bridgehead atoms. The lowest BCUT2D eigenvalue weighted by molar-refractivity contribution is 0.397. The quantitative estimate of drug-likeness (QED) is 0.878. The number of nitrogens with two attached hydrogens (primary N) is 1. The van der Waals surface area contributed by atoms with Gasteiger partial charge < -0.3 is 10.5 Å². The number of hydrogen-bond donors (Lipinski definition) is 1. The van der Waals surface area contributed by atoms with Crippen LogP contribution >= 0.6 is 0 Å². The van der Waals surface area contributed by atoms with Gasteiger partial charge in [-0.15, -0.1) is 0 Å². The highest BCUT2D eigenvalue weighted by molar-refractivity contribution is 5.69. The van der Waals surface area contributed by atoms with Crippen molar-refractivity contribution in [2.24, 2.45) is 5.73 Å². The third kappa shape index (κ3) is 2.29.